The molecule has 1 aliphatic heterocycles. The van der Waals surface area contributed by atoms with Gasteiger partial charge in [0.15, 0.2) is 6.61 Å². The minimum absolute atomic E-state index is 0.0295. The number of carbonyl (C=O) groups is 2. The smallest absolute Gasteiger partial charge is 0.307 e. The maximum atomic E-state index is 11.4. The van der Waals surface area contributed by atoms with Gasteiger partial charge < -0.3 is 14.7 Å². The monoisotopic (exact) mass is 221 g/mol. The van der Waals surface area contributed by atoms with Crippen molar-refractivity contribution in [1.82, 2.24) is 0 Å². The molecule has 0 aromatic heterocycles. The molecule has 1 heterocycles. The Morgan fingerprint density at radius 3 is 3.00 bits per heavy atom. The lowest BCUT2D eigenvalue weighted by atomic mass is 10.1. The molecule has 2 rings (SSSR count). The highest BCUT2D eigenvalue weighted by atomic mass is 16.5. The van der Waals surface area contributed by atoms with Crippen LogP contribution < -0.4 is 9.64 Å². The van der Waals surface area contributed by atoms with Gasteiger partial charge in [0.05, 0.1) is 12.1 Å². The van der Waals surface area contributed by atoms with Crippen molar-refractivity contribution in [2.75, 3.05) is 18.6 Å². The topological polar surface area (TPSA) is 66.8 Å². The molecule has 0 spiro atoms. The third-order valence-electron chi connectivity index (χ3n) is 2.47. The van der Waals surface area contributed by atoms with Gasteiger partial charge in [0.1, 0.15) is 5.75 Å². The predicted molar refractivity (Wildman–Crippen MR) is 56.7 cm³/mol. The lowest BCUT2D eigenvalue weighted by molar-refractivity contribution is -0.136. The van der Waals surface area contributed by atoms with Crippen LogP contribution in [0.15, 0.2) is 18.2 Å². The Labute approximate surface area is 92.2 Å². The fraction of sp³-hybridized carbons (Fsp3) is 0.273. The molecule has 5 nitrogen and oxygen atoms in total. The molecule has 0 saturated heterocycles. The maximum absolute atomic E-state index is 11.4. The Hall–Kier alpha value is -2.04. The van der Waals surface area contributed by atoms with Crippen LogP contribution in [0.3, 0.4) is 0 Å². The Morgan fingerprint density at radius 1 is 1.56 bits per heavy atom. The van der Waals surface area contributed by atoms with Crippen LogP contribution in [0.4, 0.5) is 5.69 Å². The molecule has 1 aromatic carbocycles. The van der Waals surface area contributed by atoms with Gasteiger partial charge in [0.25, 0.3) is 5.91 Å². The number of benzene rings is 1. The van der Waals surface area contributed by atoms with Crippen LogP contribution in [-0.2, 0) is 16.0 Å². The Kier molecular flexibility index (Phi) is 2.52. The van der Waals surface area contributed by atoms with Gasteiger partial charge in [-0.15, -0.1) is 0 Å². The maximum Gasteiger partial charge on any atom is 0.307 e. The zero-order valence-electron chi connectivity index (χ0n) is 8.77. The number of carboxylic acids is 1. The zero-order valence-corrected chi connectivity index (χ0v) is 8.77. The van der Waals surface area contributed by atoms with E-state index in [4.69, 9.17) is 9.84 Å². The second-order valence-corrected chi connectivity index (χ2v) is 3.61. The summed E-state index contributed by atoms with van der Waals surface area (Å²) in [7, 11) is 1.65. The van der Waals surface area contributed by atoms with Crippen molar-refractivity contribution in [2.24, 2.45) is 0 Å². The molecule has 1 amide bonds. The van der Waals surface area contributed by atoms with E-state index in [0.29, 0.717) is 17.0 Å². The van der Waals surface area contributed by atoms with Crippen molar-refractivity contribution in [2.45, 2.75) is 6.42 Å². The number of aliphatic carboxylic acids is 1. The molecule has 0 radical (unpaired) electrons. The number of anilines is 1. The summed E-state index contributed by atoms with van der Waals surface area (Å²) in [5.41, 5.74) is 1.27. The van der Waals surface area contributed by atoms with Crippen molar-refractivity contribution >= 4 is 17.6 Å². The normalized spacial score (nSPS) is 14.3. The van der Waals surface area contributed by atoms with Crippen molar-refractivity contribution in [3.63, 3.8) is 0 Å². The van der Waals surface area contributed by atoms with Crippen molar-refractivity contribution < 1.29 is 19.4 Å². The number of carboxylic acid groups (broad SMARTS) is 1. The molecule has 0 atom stereocenters. The summed E-state index contributed by atoms with van der Waals surface area (Å²) in [6.45, 7) is 0.0295. The number of hydrogen-bond acceptors (Lipinski definition) is 3. The highest BCUT2D eigenvalue weighted by Crippen LogP contribution is 2.31. The zero-order chi connectivity index (χ0) is 11.7. The van der Waals surface area contributed by atoms with E-state index >= 15 is 0 Å². The van der Waals surface area contributed by atoms with Crippen LogP contribution in [0.5, 0.6) is 5.75 Å². The number of fused-ring (bicyclic) bond motifs is 1. The molecule has 0 fully saturated rings. The average molecular weight is 221 g/mol. The molecule has 84 valence electrons. The molecule has 0 bridgehead atoms. The number of amides is 1. The summed E-state index contributed by atoms with van der Waals surface area (Å²) < 4.78 is 5.23. The number of carbonyl (C=O) groups excluding carboxylic acids is 1. The third-order valence-corrected chi connectivity index (χ3v) is 2.47. The van der Waals surface area contributed by atoms with Gasteiger partial charge >= 0.3 is 5.97 Å². The van der Waals surface area contributed by atoms with Gasteiger partial charge in [-0.1, -0.05) is 6.07 Å². The highest BCUT2D eigenvalue weighted by Gasteiger charge is 2.22. The minimum Gasteiger partial charge on any atom is -0.482 e. The predicted octanol–water partition coefficient (Wildman–Crippen LogP) is 0.669. The number of ether oxygens (including phenoxy) is 1. The van der Waals surface area contributed by atoms with E-state index in [1.165, 1.54) is 4.90 Å². The third kappa shape index (κ3) is 1.84. The lowest BCUT2D eigenvalue weighted by Crippen LogP contribution is -2.35. The largest absolute Gasteiger partial charge is 0.482 e. The first kappa shape index (κ1) is 10.5. The molecule has 0 saturated carbocycles. The van der Waals surface area contributed by atoms with E-state index in [2.05, 4.69) is 0 Å². The molecule has 1 aliphatic rings. The van der Waals surface area contributed by atoms with Gasteiger partial charge in [0, 0.05) is 7.05 Å². The summed E-state index contributed by atoms with van der Waals surface area (Å²) in [4.78, 5) is 23.4. The van der Waals surface area contributed by atoms with Crippen LogP contribution in [0.1, 0.15) is 5.56 Å². The van der Waals surface area contributed by atoms with Gasteiger partial charge in [-0.3, -0.25) is 9.59 Å². The Morgan fingerprint density at radius 2 is 2.31 bits per heavy atom. The van der Waals surface area contributed by atoms with E-state index in [0.717, 1.165) is 0 Å². The van der Waals surface area contributed by atoms with Crippen molar-refractivity contribution in [1.29, 1.82) is 0 Å². The summed E-state index contributed by atoms with van der Waals surface area (Å²) in [5.74, 6) is -0.429. The fourth-order valence-corrected chi connectivity index (χ4v) is 1.60. The molecular formula is C11H11NO4. The molecule has 5 heteroatoms. The van der Waals surface area contributed by atoms with E-state index in [9.17, 15) is 9.59 Å². The quantitative estimate of drug-likeness (QED) is 0.797. The number of hydrogen-bond donors (Lipinski definition) is 1. The summed E-state index contributed by atoms with van der Waals surface area (Å²) in [6.07, 6.45) is -0.0602. The van der Waals surface area contributed by atoms with E-state index in [1.54, 1.807) is 25.2 Å². The first-order valence-corrected chi connectivity index (χ1v) is 4.82. The number of likely N-dealkylation sites (N-methyl/N-ethyl adjacent to an activating group) is 1. The van der Waals surface area contributed by atoms with E-state index in [1.807, 2.05) is 0 Å². The summed E-state index contributed by atoms with van der Waals surface area (Å²) in [5, 5.41) is 8.68. The first-order valence-electron chi connectivity index (χ1n) is 4.82. The summed E-state index contributed by atoms with van der Waals surface area (Å²) >= 11 is 0. The highest BCUT2D eigenvalue weighted by molar-refractivity contribution is 5.97. The van der Waals surface area contributed by atoms with Crippen molar-refractivity contribution in [3.05, 3.63) is 23.8 Å². The van der Waals surface area contributed by atoms with E-state index < -0.39 is 5.97 Å². The minimum atomic E-state index is -0.898. The molecular weight excluding hydrogens is 210 g/mol. The fourth-order valence-electron chi connectivity index (χ4n) is 1.60. The second kappa shape index (κ2) is 3.84. The van der Waals surface area contributed by atoms with Gasteiger partial charge in [-0.25, -0.2) is 0 Å². The van der Waals surface area contributed by atoms with Crippen LogP contribution in [-0.4, -0.2) is 30.6 Å². The standard InChI is InChI=1S/C11H11NO4/c1-12-8-4-7(5-11(14)15)2-3-9(8)16-6-10(12)13/h2-4H,5-6H2,1H3,(H,14,15). The Balaban J connectivity index is 2.36. The lowest BCUT2D eigenvalue weighted by Gasteiger charge is -2.26. The molecule has 1 N–H and O–H groups in total. The average Bonchev–Trinajstić information content (AvgIpc) is 2.23. The van der Waals surface area contributed by atoms with Crippen LogP contribution in [0, 0.1) is 0 Å². The van der Waals surface area contributed by atoms with Crippen molar-refractivity contribution in [3.8, 4) is 5.75 Å². The molecule has 16 heavy (non-hydrogen) atoms. The summed E-state index contributed by atoms with van der Waals surface area (Å²) in [6, 6.07) is 5.05. The van der Waals surface area contributed by atoms with Gasteiger partial charge in [-0.2, -0.15) is 0 Å². The number of nitrogens with zero attached hydrogens (tertiary/aromatic N) is 1. The van der Waals surface area contributed by atoms with Crippen LogP contribution >= 0.6 is 0 Å². The van der Waals surface area contributed by atoms with Crippen LogP contribution in [0.2, 0.25) is 0 Å². The number of rotatable bonds is 2. The van der Waals surface area contributed by atoms with Crippen LogP contribution in [0.25, 0.3) is 0 Å². The van der Waals surface area contributed by atoms with Gasteiger partial charge in [0.2, 0.25) is 0 Å². The first-order chi connectivity index (χ1) is 7.58. The van der Waals surface area contributed by atoms with E-state index in [-0.39, 0.29) is 18.9 Å². The Bertz CT molecular complexity index is 455. The van der Waals surface area contributed by atoms with Gasteiger partial charge in [-0.05, 0) is 17.7 Å². The molecule has 1 aromatic rings. The second-order valence-electron chi connectivity index (χ2n) is 3.61. The molecule has 0 aliphatic carbocycles. The molecule has 0 unspecified atom stereocenters. The SMILES string of the molecule is CN1C(=O)COc2ccc(CC(=O)O)cc21.